The normalized spacial score (nSPS) is 22.7. The molecule has 126 valence electrons. The molecular formula is C17H27N5O. The molecule has 0 aromatic carbocycles. The Kier molecular flexibility index (Phi) is 5.25. The van der Waals surface area contributed by atoms with Crippen LogP contribution in [0, 0.1) is 0 Å². The van der Waals surface area contributed by atoms with Crippen molar-refractivity contribution < 1.29 is 4.79 Å². The first kappa shape index (κ1) is 16.4. The van der Waals surface area contributed by atoms with E-state index in [0.717, 1.165) is 58.7 Å². The summed E-state index contributed by atoms with van der Waals surface area (Å²) in [5.41, 5.74) is 0.775. The molecule has 2 fully saturated rings. The summed E-state index contributed by atoms with van der Waals surface area (Å²) in [6, 6.07) is 3.53. The molecule has 0 unspecified atom stereocenters. The summed E-state index contributed by atoms with van der Waals surface area (Å²) in [4.78, 5) is 21.3. The Morgan fingerprint density at radius 2 is 1.87 bits per heavy atom. The van der Waals surface area contributed by atoms with Crippen LogP contribution in [0.1, 0.15) is 23.2 Å². The number of amides is 1. The maximum absolute atomic E-state index is 12.4. The van der Waals surface area contributed by atoms with E-state index in [4.69, 9.17) is 0 Å². The van der Waals surface area contributed by atoms with Crippen LogP contribution in [-0.2, 0) is 0 Å². The summed E-state index contributed by atoms with van der Waals surface area (Å²) in [5.74, 6) is -0.000523. The van der Waals surface area contributed by atoms with Crippen molar-refractivity contribution in [2.45, 2.75) is 18.4 Å². The molecule has 0 atom stereocenters. The van der Waals surface area contributed by atoms with E-state index in [-0.39, 0.29) is 11.4 Å². The van der Waals surface area contributed by atoms with E-state index in [1.165, 1.54) is 0 Å². The van der Waals surface area contributed by atoms with Gasteiger partial charge in [0, 0.05) is 56.2 Å². The number of pyridine rings is 1. The first-order valence-corrected chi connectivity index (χ1v) is 8.52. The van der Waals surface area contributed by atoms with Crippen molar-refractivity contribution >= 4 is 5.91 Å². The summed E-state index contributed by atoms with van der Waals surface area (Å²) in [6.07, 6.45) is 5.51. The Morgan fingerprint density at radius 1 is 1.22 bits per heavy atom. The number of hydrogen-bond donors (Lipinski definition) is 2. The number of rotatable bonds is 4. The van der Waals surface area contributed by atoms with Crippen LogP contribution in [0.3, 0.4) is 0 Å². The predicted molar refractivity (Wildman–Crippen MR) is 90.5 cm³/mol. The Morgan fingerprint density at radius 3 is 2.52 bits per heavy atom. The van der Waals surface area contributed by atoms with E-state index < -0.39 is 0 Å². The molecule has 3 heterocycles. The SMILES string of the molecule is CN1CCN(C2(CNC(=O)c3ccncc3)CCNCC2)CC1. The van der Waals surface area contributed by atoms with Crippen molar-refractivity contribution in [2.75, 3.05) is 52.9 Å². The smallest absolute Gasteiger partial charge is 0.251 e. The Bertz CT molecular complexity index is 507. The third kappa shape index (κ3) is 3.88. The topological polar surface area (TPSA) is 60.5 Å². The fourth-order valence-electron chi connectivity index (χ4n) is 3.63. The van der Waals surface area contributed by atoms with E-state index in [0.29, 0.717) is 5.56 Å². The lowest BCUT2D eigenvalue weighted by Gasteiger charge is -2.49. The first-order valence-electron chi connectivity index (χ1n) is 8.52. The van der Waals surface area contributed by atoms with Crippen molar-refractivity contribution in [1.29, 1.82) is 0 Å². The van der Waals surface area contributed by atoms with Gasteiger partial charge in [-0.05, 0) is 45.1 Å². The minimum atomic E-state index is -0.000523. The minimum absolute atomic E-state index is 0.000523. The third-order valence-electron chi connectivity index (χ3n) is 5.23. The Balaban J connectivity index is 1.66. The molecule has 6 nitrogen and oxygen atoms in total. The van der Waals surface area contributed by atoms with Crippen LogP contribution in [0.4, 0.5) is 0 Å². The highest BCUT2D eigenvalue weighted by Gasteiger charge is 2.39. The molecule has 1 amide bonds. The summed E-state index contributed by atoms with van der Waals surface area (Å²) < 4.78 is 0. The zero-order valence-electron chi connectivity index (χ0n) is 13.9. The molecule has 0 aliphatic carbocycles. The van der Waals surface area contributed by atoms with Crippen molar-refractivity contribution in [1.82, 2.24) is 25.4 Å². The average molecular weight is 317 g/mol. The van der Waals surface area contributed by atoms with Crippen LogP contribution in [0.25, 0.3) is 0 Å². The van der Waals surface area contributed by atoms with Crippen LogP contribution < -0.4 is 10.6 Å². The van der Waals surface area contributed by atoms with E-state index in [2.05, 4.69) is 32.5 Å². The molecule has 1 aromatic heterocycles. The van der Waals surface area contributed by atoms with E-state index in [1.807, 2.05) is 0 Å². The van der Waals surface area contributed by atoms with Crippen molar-refractivity contribution in [3.8, 4) is 0 Å². The molecule has 1 aromatic rings. The average Bonchev–Trinajstić information content (AvgIpc) is 2.62. The molecule has 2 N–H and O–H groups in total. The zero-order valence-corrected chi connectivity index (χ0v) is 13.9. The number of carbonyl (C=O) groups excluding carboxylic acids is 1. The largest absolute Gasteiger partial charge is 0.350 e. The van der Waals surface area contributed by atoms with Gasteiger partial charge in [0.1, 0.15) is 0 Å². The molecule has 3 rings (SSSR count). The first-order chi connectivity index (χ1) is 11.2. The fraction of sp³-hybridized carbons (Fsp3) is 0.647. The second-order valence-corrected chi connectivity index (χ2v) is 6.68. The number of piperidine rings is 1. The van der Waals surface area contributed by atoms with Crippen molar-refractivity contribution in [3.05, 3.63) is 30.1 Å². The molecule has 0 spiro atoms. The van der Waals surface area contributed by atoms with E-state index >= 15 is 0 Å². The number of aromatic nitrogens is 1. The summed E-state index contributed by atoms with van der Waals surface area (Å²) in [5, 5.41) is 6.62. The van der Waals surface area contributed by atoms with Gasteiger partial charge in [-0.1, -0.05) is 0 Å². The summed E-state index contributed by atoms with van der Waals surface area (Å²) in [7, 11) is 2.18. The van der Waals surface area contributed by atoms with E-state index in [1.54, 1.807) is 24.5 Å². The van der Waals surface area contributed by atoms with Crippen LogP contribution in [0.5, 0.6) is 0 Å². The van der Waals surface area contributed by atoms with Gasteiger partial charge in [-0.25, -0.2) is 0 Å². The lowest BCUT2D eigenvalue weighted by atomic mass is 9.85. The predicted octanol–water partition coefficient (Wildman–Crippen LogP) is 0.181. The lowest BCUT2D eigenvalue weighted by molar-refractivity contribution is 0.0182. The molecule has 0 saturated carbocycles. The lowest BCUT2D eigenvalue weighted by Crippen LogP contribution is -2.63. The maximum atomic E-state index is 12.4. The second kappa shape index (κ2) is 7.38. The summed E-state index contributed by atoms with van der Waals surface area (Å²) in [6.45, 7) is 7.15. The van der Waals surface area contributed by atoms with Crippen LogP contribution >= 0.6 is 0 Å². The summed E-state index contributed by atoms with van der Waals surface area (Å²) >= 11 is 0. The van der Waals surface area contributed by atoms with Crippen LogP contribution in [0.2, 0.25) is 0 Å². The van der Waals surface area contributed by atoms with Gasteiger partial charge in [0.25, 0.3) is 5.91 Å². The molecule has 6 heteroatoms. The fourth-order valence-corrected chi connectivity index (χ4v) is 3.63. The van der Waals surface area contributed by atoms with Gasteiger partial charge in [-0.15, -0.1) is 0 Å². The number of likely N-dealkylation sites (N-methyl/N-ethyl adjacent to an activating group) is 1. The highest BCUT2D eigenvalue weighted by molar-refractivity contribution is 5.94. The monoisotopic (exact) mass is 317 g/mol. The number of carbonyl (C=O) groups is 1. The molecule has 0 radical (unpaired) electrons. The van der Waals surface area contributed by atoms with Crippen molar-refractivity contribution in [3.63, 3.8) is 0 Å². The maximum Gasteiger partial charge on any atom is 0.251 e. The number of nitrogens with zero attached hydrogens (tertiary/aromatic N) is 3. The molecule has 0 bridgehead atoms. The van der Waals surface area contributed by atoms with Crippen LogP contribution in [0.15, 0.2) is 24.5 Å². The highest BCUT2D eigenvalue weighted by Crippen LogP contribution is 2.27. The molecule has 2 saturated heterocycles. The number of piperazine rings is 1. The number of hydrogen-bond acceptors (Lipinski definition) is 5. The standard InChI is InChI=1S/C17H27N5O/c1-21-10-12-22(13-11-21)17(4-8-19-9-5-17)14-20-16(23)15-2-6-18-7-3-15/h2-3,6-7,19H,4-5,8-14H2,1H3,(H,20,23). The van der Waals surface area contributed by atoms with Crippen molar-refractivity contribution in [2.24, 2.45) is 0 Å². The van der Waals surface area contributed by atoms with Crippen LogP contribution in [-0.4, -0.2) is 79.1 Å². The molecule has 2 aliphatic heterocycles. The van der Waals surface area contributed by atoms with Gasteiger partial charge >= 0.3 is 0 Å². The second-order valence-electron chi connectivity index (χ2n) is 6.68. The Hall–Kier alpha value is -1.50. The number of nitrogens with one attached hydrogen (secondary N) is 2. The third-order valence-corrected chi connectivity index (χ3v) is 5.23. The zero-order chi connectivity index (χ0) is 16.1. The van der Waals surface area contributed by atoms with Gasteiger partial charge < -0.3 is 15.5 Å². The highest BCUT2D eigenvalue weighted by atomic mass is 16.1. The van der Waals surface area contributed by atoms with Gasteiger partial charge in [0.2, 0.25) is 0 Å². The van der Waals surface area contributed by atoms with E-state index in [9.17, 15) is 4.79 Å². The minimum Gasteiger partial charge on any atom is -0.350 e. The molecule has 2 aliphatic rings. The molecule has 23 heavy (non-hydrogen) atoms. The van der Waals surface area contributed by atoms with Gasteiger partial charge in [-0.3, -0.25) is 14.7 Å². The van der Waals surface area contributed by atoms with Gasteiger partial charge in [-0.2, -0.15) is 0 Å². The van der Waals surface area contributed by atoms with Gasteiger partial charge in [0.05, 0.1) is 0 Å². The quantitative estimate of drug-likeness (QED) is 0.830. The van der Waals surface area contributed by atoms with Gasteiger partial charge in [0.15, 0.2) is 0 Å². The molecular weight excluding hydrogens is 290 g/mol. The Labute approximate surface area is 138 Å².